The minimum absolute atomic E-state index is 0.00971. The summed E-state index contributed by atoms with van der Waals surface area (Å²) in [6.45, 7) is 9.02. The fraction of sp³-hybridized carbons (Fsp3) is 0.571. The number of ether oxygens (including phenoxy) is 1. The van der Waals surface area contributed by atoms with E-state index in [1.807, 2.05) is 44.3 Å². The van der Waals surface area contributed by atoms with E-state index in [0.717, 1.165) is 49.3 Å². The molecule has 3 aliphatic rings. The zero-order valence-electron chi connectivity index (χ0n) is 22.6. The van der Waals surface area contributed by atoms with Crippen LogP contribution in [0.25, 0.3) is 10.9 Å². The highest BCUT2D eigenvalue weighted by Crippen LogP contribution is 2.19. The molecule has 3 N–H and O–H groups in total. The molecule has 10 heteroatoms. The fourth-order valence-electron chi connectivity index (χ4n) is 4.78. The summed E-state index contributed by atoms with van der Waals surface area (Å²) in [6, 6.07) is 7.46. The molecule has 208 valence electrons. The lowest BCUT2D eigenvalue weighted by atomic mass is 10.0. The van der Waals surface area contributed by atoms with Gasteiger partial charge in [-0.1, -0.05) is 32.0 Å². The van der Waals surface area contributed by atoms with E-state index in [2.05, 4.69) is 9.88 Å². The summed E-state index contributed by atoms with van der Waals surface area (Å²) >= 11 is 0. The van der Waals surface area contributed by atoms with Crippen LogP contribution in [0.15, 0.2) is 30.5 Å². The molecule has 1 unspecified atom stereocenters. The third-order valence-corrected chi connectivity index (χ3v) is 6.96. The van der Waals surface area contributed by atoms with Crippen molar-refractivity contribution >= 4 is 34.5 Å². The van der Waals surface area contributed by atoms with Crippen molar-refractivity contribution in [1.82, 2.24) is 19.7 Å². The molecule has 10 nitrogen and oxygen atoms in total. The van der Waals surface area contributed by atoms with E-state index < -0.39 is 6.04 Å². The number of nitrogens with one attached hydrogen (secondary N) is 1. The van der Waals surface area contributed by atoms with Gasteiger partial charge in [0.05, 0.1) is 19.3 Å². The lowest BCUT2D eigenvalue weighted by Gasteiger charge is -2.30. The third kappa shape index (κ3) is 7.72. The Bertz CT molecular complexity index is 1080. The van der Waals surface area contributed by atoms with Crippen molar-refractivity contribution in [3.05, 3.63) is 36.0 Å². The first-order valence-electron chi connectivity index (χ1n) is 13.7. The van der Waals surface area contributed by atoms with E-state index in [9.17, 15) is 19.2 Å². The van der Waals surface area contributed by atoms with Gasteiger partial charge >= 0.3 is 0 Å². The average Bonchev–Trinajstić information content (AvgIpc) is 3.36. The predicted molar refractivity (Wildman–Crippen MR) is 145 cm³/mol. The second-order valence-electron chi connectivity index (χ2n) is 9.38. The molecule has 2 aromatic rings. The molecule has 3 fully saturated rings. The molecule has 1 aromatic carbocycles. The maximum Gasteiger partial charge on any atom is 0.246 e. The van der Waals surface area contributed by atoms with Crippen LogP contribution in [0.2, 0.25) is 0 Å². The molecule has 1 atom stereocenters. The first kappa shape index (κ1) is 29.5. The van der Waals surface area contributed by atoms with E-state index in [1.165, 1.54) is 9.80 Å². The van der Waals surface area contributed by atoms with Crippen LogP contribution in [0.5, 0.6) is 0 Å². The van der Waals surface area contributed by atoms with Gasteiger partial charge in [0.1, 0.15) is 0 Å². The zero-order valence-corrected chi connectivity index (χ0v) is 22.6. The van der Waals surface area contributed by atoms with Gasteiger partial charge in [0.15, 0.2) is 0 Å². The van der Waals surface area contributed by atoms with Crippen molar-refractivity contribution in [2.45, 2.75) is 58.4 Å². The van der Waals surface area contributed by atoms with Crippen molar-refractivity contribution in [3.63, 3.8) is 0 Å². The second kappa shape index (κ2) is 14.8. The number of hydrogen-bond acceptors (Lipinski definition) is 7. The Balaban J connectivity index is 0.000000202. The number of amides is 4. The topological polar surface area (TPSA) is 129 Å². The van der Waals surface area contributed by atoms with Gasteiger partial charge in [-0.05, 0) is 30.9 Å². The van der Waals surface area contributed by atoms with Gasteiger partial charge in [0.25, 0.3) is 0 Å². The third-order valence-electron chi connectivity index (χ3n) is 6.96. The van der Waals surface area contributed by atoms with Gasteiger partial charge in [0, 0.05) is 69.1 Å². The van der Waals surface area contributed by atoms with Gasteiger partial charge in [-0.2, -0.15) is 0 Å². The molecule has 38 heavy (non-hydrogen) atoms. The summed E-state index contributed by atoms with van der Waals surface area (Å²) in [5.41, 5.74) is 7.90. The number of para-hydroxylation sites is 1. The number of piperidine rings is 2. The van der Waals surface area contributed by atoms with Crippen LogP contribution in [0, 0.1) is 0 Å². The molecule has 4 amide bonds. The summed E-state index contributed by atoms with van der Waals surface area (Å²) in [4.78, 5) is 55.0. The number of nitrogens with zero attached hydrogens (tertiary/aromatic N) is 3. The zero-order chi connectivity index (χ0) is 27.5. The number of fused-ring (bicyclic) bond motifs is 1. The summed E-state index contributed by atoms with van der Waals surface area (Å²) in [5.74, 6) is -0.383. The Hall–Kier alpha value is -3.08. The quantitative estimate of drug-likeness (QED) is 0.550. The Morgan fingerprint density at radius 3 is 2.26 bits per heavy atom. The minimum atomic E-state index is -0.532. The van der Waals surface area contributed by atoms with Crippen molar-refractivity contribution in [2.75, 3.05) is 45.9 Å². The predicted octanol–water partition coefficient (Wildman–Crippen LogP) is 2.07. The molecule has 3 aliphatic heterocycles. The molecular weight excluding hydrogens is 486 g/mol. The number of aromatic amines is 1. The number of aromatic nitrogens is 1. The van der Waals surface area contributed by atoms with Crippen LogP contribution in [0.4, 0.5) is 0 Å². The lowest BCUT2D eigenvalue weighted by Crippen LogP contribution is -2.51. The lowest BCUT2D eigenvalue weighted by molar-refractivity contribution is -0.150. The maximum atomic E-state index is 11.9. The van der Waals surface area contributed by atoms with E-state index in [-0.39, 0.29) is 23.6 Å². The molecular formula is C28H41N5O5. The number of carbonyl (C=O) groups is 4. The normalized spacial score (nSPS) is 20.7. The van der Waals surface area contributed by atoms with E-state index in [0.29, 0.717) is 51.6 Å². The van der Waals surface area contributed by atoms with E-state index in [4.69, 9.17) is 10.5 Å². The van der Waals surface area contributed by atoms with Crippen LogP contribution in [0.1, 0.15) is 51.5 Å². The molecule has 0 bridgehead atoms. The fourth-order valence-corrected chi connectivity index (χ4v) is 4.78. The number of imide groups is 2. The van der Waals surface area contributed by atoms with Crippen molar-refractivity contribution in [1.29, 1.82) is 0 Å². The SMILES string of the molecule is CC.NC1CCC(=O)N(CCc2c[nH]c3ccccc23)C1=O.O=C1CCCC(=O)N1CCN1CCOCC1. The van der Waals surface area contributed by atoms with Gasteiger partial charge in [0.2, 0.25) is 23.6 Å². The van der Waals surface area contributed by atoms with Crippen LogP contribution in [0.3, 0.4) is 0 Å². The first-order chi connectivity index (χ1) is 18.4. The van der Waals surface area contributed by atoms with Crippen LogP contribution in [-0.4, -0.2) is 95.3 Å². The van der Waals surface area contributed by atoms with Gasteiger partial charge in [-0.3, -0.25) is 33.9 Å². The Morgan fingerprint density at radius 1 is 0.895 bits per heavy atom. The Morgan fingerprint density at radius 2 is 1.55 bits per heavy atom. The maximum absolute atomic E-state index is 11.9. The van der Waals surface area contributed by atoms with E-state index >= 15 is 0 Å². The molecule has 1 aromatic heterocycles. The van der Waals surface area contributed by atoms with Gasteiger partial charge in [-0.15, -0.1) is 0 Å². The molecule has 0 saturated carbocycles. The highest BCUT2D eigenvalue weighted by atomic mass is 16.5. The van der Waals surface area contributed by atoms with Crippen molar-refractivity contribution in [3.8, 4) is 0 Å². The Labute approximate surface area is 224 Å². The van der Waals surface area contributed by atoms with Crippen molar-refractivity contribution in [2.24, 2.45) is 5.73 Å². The molecule has 3 saturated heterocycles. The number of H-pyrrole nitrogens is 1. The largest absolute Gasteiger partial charge is 0.379 e. The summed E-state index contributed by atoms with van der Waals surface area (Å²) in [6.07, 6.45) is 5.16. The summed E-state index contributed by atoms with van der Waals surface area (Å²) in [7, 11) is 0. The van der Waals surface area contributed by atoms with Gasteiger partial charge in [-0.25, -0.2) is 0 Å². The molecule has 0 radical (unpaired) electrons. The van der Waals surface area contributed by atoms with Crippen LogP contribution in [-0.2, 0) is 30.3 Å². The van der Waals surface area contributed by atoms with Crippen LogP contribution < -0.4 is 5.73 Å². The Kier molecular flexibility index (Phi) is 11.4. The summed E-state index contributed by atoms with van der Waals surface area (Å²) < 4.78 is 5.24. The second-order valence-corrected chi connectivity index (χ2v) is 9.38. The van der Waals surface area contributed by atoms with E-state index in [1.54, 1.807) is 0 Å². The highest BCUT2D eigenvalue weighted by Gasteiger charge is 2.31. The number of benzene rings is 1. The number of hydrogen-bond donors (Lipinski definition) is 2. The average molecular weight is 528 g/mol. The number of nitrogens with two attached hydrogens (primary N) is 1. The van der Waals surface area contributed by atoms with Crippen molar-refractivity contribution < 1.29 is 23.9 Å². The highest BCUT2D eigenvalue weighted by molar-refractivity contribution is 6.00. The monoisotopic (exact) mass is 527 g/mol. The number of carbonyl (C=O) groups excluding carboxylic acids is 4. The number of rotatable bonds is 6. The number of likely N-dealkylation sites (tertiary alicyclic amines) is 2. The first-order valence-corrected chi connectivity index (χ1v) is 13.7. The molecule has 0 aliphatic carbocycles. The minimum Gasteiger partial charge on any atom is -0.379 e. The summed E-state index contributed by atoms with van der Waals surface area (Å²) in [5, 5.41) is 1.13. The van der Waals surface area contributed by atoms with Gasteiger partial charge < -0.3 is 15.5 Å². The molecule has 4 heterocycles. The molecule has 5 rings (SSSR count). The number of morpholine rings is 1. The standard InChI is InChI=1S/C15H17N3O2.C11H18N2O3.C2H6/c16-12-5-6-14(19)18(15(12)20)8-7-10-9-17-13-4-2-1-3-11(10)13;14-10-2-1-3-11(15)13(10)5-4-12-6-8-16-9-7-12;1-2/h1-4,9,12,17H,5-8,16H2;1-9H2;1-2H3. The van der Waals surface area contributed by atoms with Crippen LogP contribution >= 0.6 is 0 Å². The molecule has 0 spiro atoms. The smallest absolute Gasteiger partial charge is 0.246 e.